The van der Waals surface area contributed by atoms with Crippen LogP contribution in [-0.4, -0.2) is 28.8 Å². The highest BCUT2D eigenvalue weighted by atomic mass is 16.6. The number of cyclic esters (lactones) is 1. The fourth-order valence-corrected chi connectivity index (χ4v) is 5.51. The van der Waals surface area contributed by atoms with Gasteiger partial charge < -0.3 is 9.84 Å². The van der Waals surface area contributed by atoms with Gasteiger partial charge in [0.2, 0.25) is 0 Å². The Kier molecular flexibility index (Phi) is 6.20. The summed E-state index contributed by atoms with van der Waals surface area (Å²) in [5, 5.41) is 19.0. The summed E-state index contributed by atoms with van der Waals surface area (Å²) >= 11 is 0. The number of hydrogen-bond donors (Lipinski definition) is 1. The number of hydrogen-bond acceptors (Lipinski definition) is 5. The highest BCUT2D eigenvalue weighted by molar-refractivity contribution is 5.75. The number of ether oxygens (including phenoxy) is 1. The molecule has 1 aliphatic carbocycles. The molecule has 1 N–H and O–H groups in total. The molecule has 2 heterocycles. The minimum absolute atomic E-state index is 0.0626. The second-order valence-electron chi connectivity index (χ2n) is 8.78. The minimum atomic E-state index is -0.112. The van der Waals surface area contributed by atoms with Crippen molar-refractivity contribution >= 4 is 12.0 Å². The van der Waals surface area contributed by atoms with Gasteiger partial charge >= 0.3 is 5.97 Å². The van der Waals surface area contributed by atoms with Crippen molar-refractivity contribution in [2.75, 3.05) is 6.61 Å². The molecule has 160 valence electrons. The normalized spacial score (nSPS) is 30.1. The molecule has 2 aromatic rings. The van der Waals surface area contributed by atoms with Crippen molar-refractivity contribution in [3.8, 4) is 17.2 Å². The average Bonchev–Trinajstić information content (AvgIpc) is 3.07. The molecule has 31 heavy (non-hydrogen) atoms. The summed E-state index contributed by atoms with van der Waals surface area (Å²) in [6.07, 6.45) is 7.40. The summed E-state index contributed by atoms with van der Waals surface area (Å²) in [7, 11) is 0. The third-order valence-electron chi connectivity index (χ3n) is 7.00. The molecule has 0 amide bonds. The van der Waals surface area contributed by atoms with Crippen LogP contribution in [0.5, 0.6) is 0 Å². The second kappa shape index (κ2) is 9.03. The van der Waals surface area contributed by atoms with Crippen molar-refractivity contribution in [2.45, 2.75) is 32.8 Å². The molecule has 6 atom stereocenters. The Morgan fingerprint density at radius 3 is 2.77 bits per heavy atom. The van der Waals surface area contributed by atoms with E-state index in [-0.39, 0.29) is 36.4 Å². The maximum atomic E-state index is 12.3. The number of esters is 1. The van der Waals surface area contributed by atoms with E-state index in [0.717, 1.165) is 29.7 Å². The van der Waals surface area contributed by atoms with Gasteiger partial charge in [-0.3, -0.25) is 9.78 Å². The molecular weight excluding hydrogens is 388 g/mol. The number of nitriles is 1. The number of nitrogens with zero attached hydrogens (tertiary/aromatic N) is 2. The lowest BCUT2D eigenvalue weighted by Crippen LogP contribution is -2.41. The van der Waals surface area contributed by atoms with Crippen molar-refractivity contribution in [3.63, 3.8) is 0 Å². The van der Waals surface area contributed by atoms with E-state index in [1.165, 1.54) is 0 Å². The lowest BCUT2D eigenvalue weighted by atomic mass is 9.61. The summed E-state index contributed by atoms with van der Waals surface area (Å²) in [6.45, 7) is 4.30. The summed E-state index contributed by atoms with van der Waals surface area (Å²) in [4.78, 5) is 16.9. The van der Waals surface area contributed by atoms with Crippen LogP contribution in [0.15, 0.2) is 48.7 Å². The Hall–Kier alpha value is -2.97. The van der Waals surface area contributed by atoms with E-state index in [4.69, 9.17) is 4.74 Å². The largest absolute Gasteiger partial charge is 0.462 e. The fourth-order valence-electron chi connectivity index (χ4n) is 5.51. The van der Waals surface area contributed by atoms with Gasteiger partial charge in [0.1, 0.15) is 6.10 Å². The summed E-state index contributed by atoms with van der Waals surface area (Å²) < 4.78 is 5.57. The molecule has 0 radical (unpaired) electrons. The quantitative estimate of drug-likeness (QED) is 0.728. The maximum absolute atomic E-state index is 12.3. The molecule has 1 unspecified atom stereocenters. The van der Waals surface area contributed by atoms with E-state index < -0.39 is 0 Å². The molecule has 4 rings (SSSR count). The van der Waals surface area contributed by atoms with Crippen molar-refractivity contribution in [3.05, 3.63) is 59.9 Å². The monoisotopic (exact) mass is 416 g/mol. The molecule has 5 heteroatoms. The standard InChI is InChI=1S/C26H28N2O3/c1-16-13-24-25(17(2)31-26(24)30)23(21(16)11-12-29)10-9-20-8-7-19(15-28-20)22-6-4-3-5-18(22)14-27/h3-10,15-17,21,23-25,29H,11-13H2,1-2H3/b10-9+/t16-,17+,21?,23-,24+,25-/m0/s1. The number of carbonyl (C=O) groups excluding carboxylic acids is 1. The molecule has 1 aromatic heterocycles. The van der Waals surface area contributed by atoms with Gasteiger partial charge in [-0.25, -0.2) is 0 Å². The van der Waals surface area contributed by atoms with Crippen LogP contribution in [0.2, 0.25) is 0 Å². The summed E-state index contributed by atoms with van der Waals surface area (Å²) in [5.41, 5.74) is 3.23. The van der Waals surface area contributed by atoms with Crippen molar-refractivity contribution in [2.24, 2.45) is 29.6 Å². The Labute approximate surface area is 183 Å². The van der Waals surface area contributed by atoms with Crippen molar-refractivity contribution in [1.29, 1.82) is 5.26 Å². The Balaban J connectivity index is 1.59. The third-order valence-corrected chi connectivity index (χ3v) is 7.00. The zero-order chi connectivity index (χ0) is 22.0. The van der Waals surface area contributed by atoms with Gasteiger partial charge in [-0.1, -0.05) is 37.3 Å². The van der Waals surface area contributed by atoms with Crippen molar-refractivity contribution in [1.82, 2.24) is 4.98 Å². The number of fused-ring (bicyclic) bond motifs is 1. The van der Waals surface area contributed by atoms with E-state index in [1.54, 1.807) is 12.3 Å². The predicted molar refractivity (Wildman–Crippen MR) is 118 cm³/mol. The average molecular weight is 417 g/mol. The molecule has 1 saturated heterocycles. The van der Waals surface area contributed by atoms with E-state index in [1.807, 2.05) is 43.3 Å². The van der Waals surface area contributed by atoms with Gasteiger partial charge in [0.15, 0.2) is 0 Å². The van der Waals surface area contributed by atoms with Gasteiger partial charge in [0.25, 0.3) is 0 Å². The van der Waals surface area contributed by atoms with E-state index in [9.17, 15) is 15.2 Å². The van der Waals surface area contributed by atoms with Crippen molar-refractivity contribution < 1.29 is 14.6 Å². The van der Waals surface area contributed by atoms with Crippen LogP contribution in [0.4, 0.5) is 0 Å². The van der Waals surface area contributed by atoms with Gasteiger partial charge in [-0.2, -0.15) is 5.26 Å². The molecule has 0 bridgehead atoms. The lowest BCUT2D eigenvalue weighted by molar-refractivity contribution is -0.144. The molecule has 5 nitrogen and oxygen atoms in total. The van der Waals surface area contributed by atoms with E-state index >= 15 is 0 Å². The Morgan fingerprint density at radius 1 is 1.26 bits per heavy atom. The molecule has 2 fully saturated rings. The maximum Gasteiger partial charge on any atom is 0.309 e. The zero-order valence-corrected chi connectivity index (χ0v) is 17.9. The molecule has 0 spiro atoms. The van der Waals surface area contributed by atoms with Gasteiger partial charge in [0.05, 0.1) is 23.2 Å². The summed E-state index contributed by atoms with van der Waals surface area (Å²) in [6, 6.07) is 13.6. The number of aliphatic hydroxyl groups excluding tert-OH is 1. The van der Waals surface area contributed by atoms with Gasteiger partial charge in [-0.15, -0.1) is 0 Å². The van der Waals surface area contributed by atoms with Crippen LogP contribution < -0.4 is 0 Å². The molecule has 2 aliphatic rings. The molecule has 1 saturated carbocycles. The zero-order valence-electron chi connectivity index (χ0n) is 17.9. The van der Waals surface area contributed by atoms with Gasteiger partial charge in [0, 0.05) is 29.8 Å². The second-order valence-corrected chi connectivity index (χ2v) is 8.78. The first-order valence-corrected chi connectivity index (χ1v) is 11.0. The molecular formula is C26H28N2O3. The topological polar surface area (TPSA) is 83.2 Å². The number of aliphatic hydroxyl groups is 1. The van der Waals surface area contributed by atoms with Crippen LogP contribution in [0.1, 0.15) is 37.9 Å². The number of carbonyl (C=O) groups is 1. The SMILES string of the molecule is C[C@H]1C[C@H]2C(=O)O[C@H](C)[C@H]2[C@@H](/C=C/c2ccc(-c3ccccc3C#N)cn2)C1CCO. The van der Waals surface area contributed by atoms with Crippen LogP contribution in [-0.2, 0) is 9.53 Å². The van der Waals surface area contributed by atoms with Crippen LogP contribution in [0.25, 0.3) is 17.2 Å². The fraction of sp³-hybridized carbons (Fsp3) is 0.423. The number of benzene rings is 1. The number of aromatic nitrogens is 1. The first kappa shape index (κ1) is 21.3. The third kappa shape index (κ3) is 4.13. The van der Waals surface area contributed by atoms with Gasteiger partial charge in [-0.05, 0) is 55.7 Å². The highest BCUT2D eigenvalue weighted by Gasteiger charge is 2.52. The number of allylic oxidation sites excluding steroid dienone is 1. The highest BCUT2D eigenvalue weighted by Crippen LogP contribution is 2.50. The number of rotatable bonds is 5. The lowest BCUT2D eigenvalue weighted by Gasteiger charge is -2.42. The Morgan fingerprint density at radius 2 is 2.06 bits per heavy atom. The summed E-state index contributed by atoms with van der Waals surface area (Å²) in [5.74, 6) is 0.803. The minimum Gasteiger partial charge on any atom is -0.462 e. The molecule has 1 aliphatic heterocycles. The van der Waals surface area contributed by atoms with Crippen LogP contribution >= 0.6 is 0 Å². The Bertz CT molecular complexity index is 1010. The van der Waals surface area contributed by atoms with E-state index in [2.05, 4.69) is 24.1 Å². The smallest absolute Gasteiger partial charge is 0.309 e. The van der Waals surface area contributed by atoms with Crippen LogP contribution in [0, 0.1) is 40.9 Å². The first-order chi connectivity index (χ1) is 15.0. The van der Waals surface area contributed by atoms with E-state index in [0.29, 0.717) is 17.4 Å². The molecule has 1 aromatic carbocycles. The first-order valence-electron chi connectivity index (χ1n) is 11.0. The van der Waals surface area contributed by atoms with Crippen LogP contribution in [0.3, 0.4) is 0 Å². The number of pyridine rings is 1. The predicted octanol–water partition coefficient (Wildman–Crippen LogP) is 4.47.